The molecule has 0 saturated carbocycles. The minimum Gasteiger partial charge on any atom is -0.350 e. The summed E-state index contributed by atoms with van der Waals surface area (Å²) >= 11 is 0. The first-order valence-electron chi connectivity index (χ1n) is 12.2. The quantitative estimate of drug-likeness (QED) is 0.632. The van der Waals surface area contributed by atoms with Gasteiger partial charge in [-0.25, -0.2) is 0 Å². The van der Waals surface area contributed by atoms with Crippen molar-refractivity contribution in [1.82, 2.24) is 15.5 Å². The molecule has 2 N–H and O–H groups in total. The van der Waals surface area contributed by atoms with Crippen LogP contribution in [-0.2, 0) is 22.7 Å². The zero-order chi connectivity index (χ0) is 23.9. The molecule has 0 spiro atoms. The largest absolute Gasteiger partial charge is 0.350 e. The molecule has 4 rings (SSSR count). The van der Waals surface area contributed by atoms with Crippen molar-refractivity contribution in [1.29, 1.82) is 0 Å². The number of carbonyl (C=O) groups is 3. The standard InChI is InChI=1S/C27H34N4O3/c1-20-4-2-14-30(18-20)19-22-8-6-21(7-9-22)16-28-25(32)17-29-27(34)23-10-12-24(13-11-23)31-15-3-5-26(31)33/h6-13,20H,2-5,14-19H2,1H3,(H,28,32)(H,29,34)/t20-/m0/s1. The predicted octanol–water partition coefficient (Wildman–Crippen LogP) is 3.09. The highest BCUT2D eigenvalue weighted by atomic mass is 16.2. The Morgan fingerprint density at radius 1 is 0.941 bits per heavy atom. The zero-order valence-corrected chi connectivity index (χ0v) is 19.9. The second-order valence-corrected chi connectivity index (χ2v) is 9.45. The minimum absolute atomic E-state index is 0.0869. The molecule has 0 bridgehead atoms. The molecular formula is C27H34N4O3. The molecule has 1 atom stereocenters. The Morgan fingerprint density at radius 2 is 1.68 bits per heavy atom. The number of likely N-dealkylation sites (tertiary alicyclic amines) is 1. The van der Waals surface area contributed by atoms with Crippen LogP contribution in [0.3, 0.4) is 0 Å². The molecule has 7 nitrogen and oxygen atoms in total. The smallest absolute Gasteiger partial charge is 0.251 e. The van der Waals surface area contributed by atoms with Crippen molar-refractivity contribution in [2.75, 3.05) is 31.1 Å². The van der Waals surface area contributed by atoms with Crippen molar-refractivity contribution in [2.45, 2.75) is 45.7 Å². The first kappa shape index (κ1) is 24.0. The Kier molecular flexibility index (Phi) is 7.95. The van der Waals surface area contributed by atoms with E-state index in [2.05, 4.69) is 34.6 Å². The third-order valence-electron chi connectivity index (χ3n) is 6.58. The van der Waals surface area contributed by atoms with E-state index in [1.807, 2.05) is 12.1 Å². The molecule has 2 aromatic carbocycles. The molecule has 2 fully saturated rings. The Bertz CT molecular complexity index is 1000. The van der Waals surface area contributed by atoms with Crippen molar-refractivity contribution in [2.24, 2.45) is 5.92 Å². The number of benzene rings is 2. The van der Waals surface area contributed by atoms with Gasteiger partial charge in [-0.05, 0) is 67.1 Å². The predicted molar refractivity (Wildman–Crippen MR) is 132 cm³/mol. The van der Waals surface area contributed by atoms with Gasteiger partial charge in [0, 0.05) is 43.9 Å². The first-order valence-corrected chi connectivity index (χ1v) is 12.2. The van der Waals surface area contributed by atoms with E-state index >= 15 is 0 Å². The molecule has 3 amide bonds. The molecule has 7 heteroatoms. The Morgan fingerprint density at radius 3 is 2.35 bits per heavy atom. The number of hydrogen-bond acceptors (Lipinski definition) is 4. The van der Waals surface area contributed by atoms with E-state index in [1.165, 1.54) is 18.4 Å². The summed E-state index contributed by atoms with van der Waals surface area (Å²) in [5.41, 5.74) is 3.58. The molecule has 2 saturated heterocycles. The molecule has 2 aliphatic heterocycles. The van der Waals surface area contributed by atoms with Crippen LogP contribution in [0.4, 0.5) is 5.69 Å². The summed E-state index contributed by atoms with van der Waals surface area (Å²) in [6.07, 6.45) is 4.02. The van der Waals surface area contributed by atoms with Crippen molar-refractivity contribution < 1.29 is 14.4 Å². The van der Waals surface area contributed by atoms with Gasteiger partial charge >= 0.3 is 0 Å². The summed E-state index contributed by atoms with van der Waals surface area (Å²) in [6.45, 7) is 6.66. The van der Waals surface area contributed by atoms with Gasteiger partial charge in [-0.1, -0.05) is 31.2 Å². The van der Waals surface area contributed by atoms with E-state index in [1.54, 1.807) is 29.2 Å². The van der Waals surface area contributed by atoms with Gasteiger partial charge in [-0.2, -0.15) is 0 Å². The lowest BCUT2D eigenvalue weighted by Crippen LogP contribution is -2.36. The van der Waals surface area contributed by atoms with Gasteiger partial charge in [0.2, 0.25) is 11.8 Å². The fourth-order valence-electron chi connectivity index (χ4n) is 4.69. The minimum atomic E-state index is -0.314. The zero-order valence-electron chi connectivity index (χ0n) is 19.9. The highest BCUT2D eigenvalue weighted by Gasteiger charge is 2.21. The number of nitrogens with one attached hydrogen (secondary N) is 2. The number of amides is 3. The molecule has 34 heavy (non-hydrogen) atoms. The lowest BCUT2D eigenvalue weighted by Gasteiger charge is -2.30. The summed E-state index contributed by atoms with van der Waals surface area (Å²) < 4.78 is 0. The van der Waals surface area contributed by atoms with E-state index in [0.29, 0.717) is 25.1 Å². The fourth-order valence-corrected chi connectivity index (χ4v) is 4.69. The summed E-state index contributed by atoms with van der Waals surface area (Å²) in [5.74, 6) is 0.327. The molecular weight excluding hydrogens is 428 g/mol. The van der Waals surface area contributed by atoms with Gasteiger partial charge in [-0.3, -0.25) is 19.3 Å². The molecule has 2 aliphatic rings. The summed E-state index contributed by atoms with van der Waals surface area (Å²) in [6, 6.07) is 15.3. The van der Waals surface area contributed by atoms with E-state index in [0.717, 1.165) is 43.2 Å². The maximum atomic E-state index is 12.4. The molecule has 180 valence electrons. The van der Waals surface area contributed by atoms with E-state index in [9.17, 15) is 14.4 Å². The van der Waals surface area contributed by atoms with Gasteiger partial charge in [0.1, 0.15) is 0 Å². The highest BCUT2D eigenvalue weighted by molar-refractivity contribution is 5.98. The maximum absolute atomic E-state index is 12.4. The van der Waals surface area contributed by atoms with Crippen LogP contribution in [0, 0.1) is 5.92 Å². The average molecular weight is 463 g/mol. The van der Waals surface area contributed by atoms with Crippen molar-refractivity contribution >= 4 is 23.4 Å². The van der Waals surface area contributed by atoms with E-state index < -0.39 is 0 Å². The monoisotopic (exact) mass is 462 g/mol. The van der Waals surface area contributed by atoms with Crippen LogP contribution >= 0.6 is 0 Å². The van der Waals surface area contributed by atoms with Crippen LogP contribution in [0.25, 0.3) is 0 Å². The molecule has 0 aromatic heterocycles. The average Bonchev–Trinajstić information content (AvgIpc) is 3.28. The van der Waals surface area contributed by atoms with Gasteiger partial charge in [0.05, 0.1) is 6.54 Å². The Labute approximate surface area is 201 Å². The second kappa shape index (κ2) is 11.3. The highest BCUT2D eigenvalue weighted by Crippen LogP contribution is 2.21. The third kappa shape index (κ3) is 6.44. The topological polar surface area (TPSA) is 81.8 Å². The lowest BCUT2D eigenvalue weighted by molar-refractivity contribution is -0.120. The van der Waals surface area contributed by atoms with Crippen molar-refractivity contribution in [3.05, 3.63) is 65.2 Å². The fraction of sp³-hybridized carbons (Fsp3) is 0.444. The number of nitrogens with zero attached hydrogens (tertiary/aromatic N) is 2. The summed E-state index contributed by atoms with van der Waals surface area (Å²) in [4.78, 5) is 40.6. The SMILES string of the molecule is C[C@H]1CCCN(Cc2ccc(CNC(=O)CNC(=O)c3ccc(N4CCCC4=O)cc3)cc2)C1. The van der Waals surface area contributed by atoms with Crippen LogP contribution in [0.1, 0.15) is 54.1 Å². The molecule has 2 heterocycles. The lowest BCUT2D eigenvalue weighted by atomic mass is 9.99. The maximum Gasteiger partial charge on any atom is 0.251 e. The molecule has 0 radical (unpaired) electrons. The first-order chi connectivity index (χ1) is 16.5. The molecule has 2 aromatic rings. The van der Waals surface area contributed by atoms with Crippen LogP contribution in [0.5, 0.6) is 0 Å². The number of hydrogen-bond donors (Lipinski definition) is 2. The Balaban J connectivity index is 1.18. The van der Waals surface area contributed by atoms with Gasteiger partial charge in [0.15, 0.2) is 0 Å². The van der Waals surface area contributed by atoms with Crippen LogP contribution < -0.4 is 15.5 Å². The second-order valence-electron chi connectivity index (χ2n) is 9.45. The van der Waals surface area contributed by atoms with Gasteiger partial charge in [-0.15, -0.1) is 0 Å². The third-order valence-corrected chi connectivity index (χ3v) is 6.58. The van der Waals surface area contributed by atoms with Crippen molar-refractivity contribution in [3.8, 4) is 0 Å². The number of carbonyl (C=O) groups excluding carboxylic acids is 3. The summed E-state index contributed by atoms with van der Waals surface area (Å²) in [5, 5.41) is 5.51. The van der Waals surface area contributed by atoms with E-state index in [-0.39, 0.29) is 24.3 Å². The van der Waals surface area contributed by atoms with Gasteiger partial charge in [0.25, 0.3) is 5.91 Å². The normalized spacial score (nSPS) is 18.7. The Hall–Kier alpha value is -3.19. The van der Waals surface area contributed by atoms with E-state index in [4.69, 9.17) is 0 Å². The summed E-state index contributed by atoms with van der Waals surface area (Å²) in [7, 11) is 0. The molecule has 0 unspecified atom stereocenters. The van der Waals surface area contributed by atoms with Gasteiger partial charge < -0.3 is 15.5 Å². The number of anilines is 1. The number of rotatable bonds is 8. The number of piperidine rings is 1. The van der Waals surface area contributed by atoms with Crippen molar-refractivity contribution in [3.63, 3.8) is 0 Å². The molecule has 0 aliphatic carbocycles. The van der Waals surface area contributed by atoms with Crippen LogP contribution in [0.15, 0.2) is 48.5 Å². The van der Waals surface area contributed by atoms with Crippen LogP contribution in [0.2, 0.25) is 0 Å². The van der Waals surface area contributed by atoms with Crippen LogP contribution in [-0.4, -0.2) is 48.8 Å².